The zero-order chi connectivity index (χ0) is 9.68. The predicted octanol–water partition coefficient (Wildman–Crippen LogP) is 2.39. The average molecular weight is 221 g/mol. The van der Waals surface area contributed by atoms with Gasteiger partial charge in [-0.3, -0.25) is 0 Å². The van der Waals surface area contributed by atoms with E-state index in [0.29, 0.717) is 24.0 Å². The average Bonchev–Trinajstić information content (AvgIpc) is 2.51. The molecule has 13 heavy (non-hydrogen) atoms. The number of aryl methyl sites for hydroxylation is 1. The van der Waals surface area contributed by atoms with Gasteiger partial charge in [0.25, 0.3) is 0 Å². The lowest BCUT2D eigenvalue weighted by Gasteiger charge is -1.98. The highest BCUT2D eigenvalue weighted by atomic mass is 35.5. The first-order chi connectivity index (χ1) is 6.22. The number of nitrogens with one attached hydrogen (secondary N) is 1. The van der Waals surface area contributed by atoms with Crippen LogP contribution in [0.3, 0.4) is 0 Å². The molecule has 0 radical (unpaired) electrons. The normalized spacial score (nSPS) is 12.1. The first kappa shape index (κ1) is 10.6. The molecule has 1 aromatic rings. The summed E-state index contributed by atoms with van der Waals surface area (Å²) in [6.07, 6.45) is 1.68. The minimum Gasteiger partial charge on any atom is -0.445 e. The van der Waals surface area contributed by atoms with Crippen LogP contribution in [0.25, 0.3) is 0 Å². The van der Waals surface area contributed by atoms with Crippen molar-refractivity contribution < 1.29 is 4.42 Å². The summed E-state index contributed by atoms with van der Waals surface area (Å²) in [7, 11) is 0. The molecule has 0 spiro atoms. The summed E-state index contributed by atoms with van der Waals surface area (Å²) in [6.45, 7) is 2.92. The van der Waals surface area contributed by atoms with Crippen molar-refractivity contribution in [2.45, 2.75) is 13.5 Å². The van der Waals surface area contributed by atoms with Crippen LogP contribution < -0.4 is 5.32 Å². The summed E-state index contributed by atoms with van der Waals surface area (Å²) in [5, 5.41) is 3.58. The van der Waals surface area contributed by atoms with E-state index in [4.69, 9.17) is 27.6 Å². The molecule has 0 aliphatic carbocycles. The predicted molar refractivity (Wildman–Crippen MR) is 52.7 cm³/mol. The summed E-state index contributed by atoms with van der Waals surface area (Å²) < 4.78 is 5.23. The fourth-order valence-electron chi connectivity index (χ4n) is 0.811. The van der Waals surface area contributed by atoms with E-state index in [1.54, 1.807) is 6.20 Å². The van der Waals surface area contributed by atoms with Crippen molar-refractivity contribution in [2.75, 3.05) is 6.54 Å². The minimum absolute atomic E-state index is 0.520. The van der Waals surface area contributed by atoms with Crippen LogP contribution in [0.15, 0.2) is 21.2 Å². The Balaban J connectivity index is 2.28. The van der Waals surface area contributed by atoms with Crippen molar-refractivity contribution in [3.63, 3.8) is 0 Å². The van der Waals surface area contributed by atoms with E-state index in [2.05, 4.69) is 10.3 Å². The van der Waals surface area contributed by atoms with Gasteiger partial charge >= 0.3 is 0 Å². The highest BCUT2D eigenvalue weighted by molar-refractivity contribution is 6.36. The van der Waals surface area contributed by atoms with Crippen molar-refractivity contribution in [3.8, 4) is 0 Å². The summed E-state index contributed by atoms with van der Waals surface area (Å²) >= 11 is 11.0. The summed E-state index contributed by atoms with van der Waals surface area (Å²) in [4.78, 5) is 4.01. The van der Waals surface area contributed by atoms with Gasteiger partial charge in [0.15, 0.2) is 0 Å². The molecule has 0 unspecified atom stereocenters. The lowest BCUT2D eigenvalue weighted by Crippen LogP contribution is -2.14. The standard InChI is InChI=1S/C8H10Cl2N2O/c1-6-3-12-8(13-6)5-11-4-7(10)2-9/h2-3,11H,4-5H2,1H3. The van der Waals surface area contributed by atoms with Crippen molar-refractivity contribution in [1.82, 2.24) is 10.3 Å². The Hall–Kier alpha value is -0.510. The van der Waals surface area contributed by atoms with Crippen LogP contribution in [0.2, 0.25) is 0 Å². The van der Waals surface area contributed by atoms with E-state index in [1.165, 1.54) is 5.54 Å². The third-order valence-electron chi connectivity index (χ3n) is 1.36. The number of hydrogen-bond acceptors (Lipinski definition) is 3. The second-order valence-electron chi connectivity index (χ2n) is 2.52. The molecule has 0 amide bonds. The Morgan fingerprint density at radius 1 is 1.77 bits per heavy atom. The Morgan fingerprint density at radius 3 is 3.08 bits per heavy atom. The first-order valence-electron chi connectivity index (χ1n) is 3.79. The zero-order valence-electron chi connectivity index (χ0n) is 7.18. The second-order valence-corrected chi connectivity index (χ2v) is 3.23. The highest BCUT2D eigenvalue weighted by Gasteiger charge is 1.99. The lowest BCUT2D eigenvalue weighted by molar-refractivity contribution is 0.455. The summed E-state index contributed by atoms with van der Waals surface area (Å²) in [6, 6.07) is 0. The molecule has 0 saturated heterocycles. The van der Waals surface area contributed by atoms with E-state index in [9.17, 15) is 0 Å². The fourth-order valence-corrected chi connectivity index (χ4v) is 0.982. The molecule has 1 aromatic heterocycles. The van der Waals surface area contributed by atoms with Crippen LogP contribution in [-0.2, 0) is 6.54 Å². The molecule has 0 aliphatic rings. The van der Waals surface area contributed by atoms with E-state index < -0.39 is 0 Å². The maximum absolute atomic E-state index is 5.65. The molecule has 0 aliphatic heterocycles. The Labute approximate surface area is 86.7 Å². The summed E-state index contributed by atoms with van der Waals surface area (Å²) in [5.74, 6) is 1.45. The smallest absolute Gasteiger partial charge is 0.208 e. The maximum Gasteiger partial charge on any atom is 0.208 e. The number of nitrogens with zero attached hydrogens (tertiary/aromatic N) is 1. The Morgan fingerprint density at radius 2 is 2.54 bits per heavy atom. The fraction of sp³-hybridized carbons (Fsp3) is 0.375. The van der Waals surface area contributed by atoms with Crippen molar-refractivity contribution in [3.05, 3.63) is 28.4 Å². The van der Waals surface area contributed by atoms with Gasteiger partial charge in [0.1, 0.15) is 5.76 Å². The largest absolute Gasteiger partial charge is 0.445 e. The van der Waals surface area contributed by atoms with Gasteiger partial charge in [-0.2, -0.15) is 0 Å². The minimum atomic E-state index is 0.520. The molecule has 0 aromatic carbocycles. The van der Waals surface area contributed by atoms with Crippen molar-refractivity contribution >= 4 is 23.2 Å². The van der Waals surface area contributed by atoms with Crippen LogP contribution in [0.1, 0.15) is 11.7 Å². The van der Waals surface area contributed by atoms with Gasteiger partial charge in [0.2, 0.25) is 5.89 Å². The van der Waals surface area contributed by atoms with Crippen LogP contribution in [0, 0.1) is 6.92 Å². The van der Waals surface area contributed by atoms with Gasteiger partial charge in [0, 0.05) is 17.1 Å². The number of oxazole rings is 1. The number of halogens is 2. The molecule has 1 rings (SSSR count). The van der Waals surface area contributed by atoms with Crippen LogP contribution in [0.5, 0.6) is 0 Å². The monoisotopic (exact) mass is 220 g/mol. The highest BCUT2D eigenvalue weighted by Crippen LogP contribution is 2.03. The van der Waals surface area contributed by atoms with E-state index in [0.717, 1.165) is 5.76 Å². The van der Waals surface area contributed by atoms with E-state index in [-0.39, 0.29) is 0 Å². The molecule has 1 heterocycles. The van der Waals surface area contributed by atoms with Crippen molar-refractivity contribution in [2.24, 2.45) is 0 Å². The zero-order valence-corrected chi connectivity index (χ0v) is 8.69. The van der Waals surface area contributed by atoms with Crippen LogP contribution in [0.4, 0.5) is 0 Å². The molecule has 0 fully saturated rings. The molecule has 3 nitrogen and oxygen atoms in total. The summed E-state index contributed by atoms with van der Waals surface area (Å²) in [5.41, 5.74) is 1.33. The first-order valence-corrected chi connectivity index (χ1v) is 4.60. The van der Waals surface area contributed by atoms with Gasteiger partial charge in [-0.1, -0.05) is 23.2 Å². The van der Waals surface area contributed by atoms with E-state index >= 15 is 0 Å². The Bertz CT molecular complexity index is 296. The quantitative estimate of drug-likeness (QED) is 0.848. The van der Waals surface area contributed by atoms with Gasteiger partial charge in [-0.25, -0.2) is 4.98 Å². The van der Waals surface area contributed by atoms with Gasteiger partial charge in [-0.15, -0.1) is 0 Å². The van der Waals surface area contributed by atoms with E-state index in [1.807, 2.05) is 6.92 Å². The number of hydrogen-bond donors (Lipinski definition) is 1. The lowest BCUT2D eigenvalue weighted by atomic mass is 10.5. The number of aromatic nitrogens is 1. The third kappa shape index (κ3) is 3.81. The number of rotatable bonds is 4. The van der Waals surface area contributed by atoms with Crippen LogP contribution >= 0.6 is 23.2 Å². The molecular weight excluding hydrogens is 211 g/mol. The molecular formula is C8H10Cl2N2O. The maximum atomic E-state index is 5.65. The molecule has 72 valence electrons. The molecule has 1 N–H and O–H groups in total. The van der Waals surface area contributed by atoms with Crippen LogP contribution in [-0.4, -0.2) is 11.5 Å². The van der Waals surface area contributed by atoms with Crippen molar-refractivity contribution in [1.29, 1.82) is 0 Å². The topological polar surface area (TPSA) is 38.1 Å². The van der Waals surface area contributed by atoms with Gasteiger partial charge in [0.05, 0.1) is 12.7 Å². The molecule has 0 saturated carbocycles. The van der Waals surface area contributed by atoms with Gasteiger partial charge < -0.3 is 9.73 Å². The van der Waals surface area contributed by atoms with Gasteiger partial charge in [-0.05, 0) is 6.92 Å². The molecule has 5 heteroatoms. The SMILES string of the molecule is Cc1cnc(CNCC(Cl)=CCl)o1. The Kier molecular flexibility index (Phi) is 4.28. The molecule has 0 atom stereocenters. The third-order valence-corrected chi connectivity index (χ3v) is 1.98. The molecule has 0 bridgehead atoms. The second kappa shape index (κ2) is 5.27.